The van der Waals surface area contributed by atoms with E-state index in [1.807, 2.05) is 40.5 Å². The van der Waals surface area contributed by atoms with Crippen molar-refractivity contribution in [2.75, 3.05) is 26.8 Å². The molecule has 0 aliphatic carbocycles. The Balaban J connectivity index is 1.40. The highest BCUT2D eigenvalue weighted by Gasteiger charge is 2.27. The van der Waals surface area contributed by atoms with Crippen LogP contribution in [0.15, 0.2) is 55.1 Å². The molecule has 10 heteroatoms. The first kappa shape index (κ1) is 23.1. The van der Waals surface area contributed by atoms with Gasteiger partial charge >= 0.3 is 0 Å². The zero-order valence-corrected chi connectivity index (χ0v) is 20.4. The van der Waals surface area contributed by atoms with Crippen molar-refractivity contribution in [3.05, 3.63) is 66.6 Å². The molecule has 9 nitrogen and oxygen atoms in total. The number of aliphatic hydroxyl groups excluding tert-OH is 1. The normalized spacial score (nSPS) is 15.7. The van der Waals surface area contributed by atoms with Crippen LogP contribution in [-0.2, 0) is 4.79 Å². The monoisotopic (exact) mass is 500 g/mol. The third-order valence-electron chi connectivity index (χ3n) is 7.08. The minimum atomic E-state index is -0.479. The van der Waals surface area contributed by atoms with E-state index in [0.29, 0.717) is 35.7 Å². The molecule has 5 aromatic rings. The number of aromatic nitrogens is 5. The van der Waals surface area contributed by atoms with E-state index in [-0.39, 0.29) is 11.9 Å². The van der Waals surface area contributed by atoms with Crippen LogP contribution in [0.3, 0.4) is 0 Å². The SMILES string of the molecule is COc1cccc(F)c1-c1nc2c3cc(-c4cnn([C@H]5CCN(C(=O)CO)C5)c4)cnc3ccn2c1C. The van der Waals surface area contributed by atoms with Crippen molar-refractivity contribution < 1.29 is 19.0 Å². The number of carbonyl (C=O) groups excluding carboxylic acids is 1. The van der Waals surface area contributed by atoms with Gasteiger partial charge in [0, 0.05) is 53.9 Å². The fourth-order valence-corrected chi connectivity index (χ4v) is 5.09. The summed E-state index contributed by atoms with van der Waals surface area (Å²) in [5.74, 6) is -0.235. The van der Waals surface area contributed by atoms with Crippen molar-refractivity contribution in [3.63, 3.8) is 0 Å². The summed E-state index contributed by atoms with van der Waals surface area (Å²) < 4.78 is 24.1. The zero-order valence-electron chi connectivity index (χ0n) is 20.4. The number of hydrogen-bond acceptors (Lipinski definition) is 6. The molecular formula is C27H25FN6O3. The van der Waals surface area contributed by atoms with Gasteiger partial charge in [0.05, 0.1) is 36.1 Å². The second-order valence-electron chi connectivity index (χ2n) is 9.18. The molecule has 1 aliphatic rings. The number of nitrogens with zero attached hydrogens (tertiary/aromatic N) is 6. The molecule has 1 amide bonds. The maximum absolute atomic E-state index is 14.9. The smallest absolute Gasteiger partial charge is 0.248 e. The lowest BCUT2D eigenvalue weighted by molar-refractivity contribution is -0.133. The zero-order chi connectivity index (χ0) is 25.7. The quantitative estimate of drug-likeness (QED) is 0.396. The number of pyridine rings is 2. The number of benzene rings is 1. The van der Waals surface area contributed by atoms with Gasteiger partial charge < -0.3 is 19.1 Å². The Morgan fingerprint density at radius 1 is 1.24 bits per heavy atom. The highest BCUT2D eigenvalue weighted by Crippen LogP contribution is 2.36. The standard InChI is InChI=1S/C27H25FN6O3/c1-16-26(25-21(28)4-3-5-23(25)37-2)31-27-20-10-17(11-29-22(20)7-9-33(16)27)18-12-30-34(13-18)19-6-8-32(14-19)24(36)15-35/h3-5,7,9-13,19,35H,6,8,14-15H2,1-2H3/t19-/m0/s1. The van der Waals surface area contributed by atoms with Gasteiger partial charge in [0.15, 0.2) is 0 Å². The number of fused-ring (bicyclic) bond motifs is 3. The largest absolute Gasteiger partial charge is 0.496 e. The highest BCUT2D eigenvalue weighted by molar-refractivity contribution is 5.95. The lowest BCUT2D eigenvalue weighted by Gasteiger charge is -2.15. The molecular weight excluding hydrogens is 475 g/mol. The molecule has 37 heavy (non-hydrogen) atoms. The molecule has 1 fully saturated rings. The first-order valence-electron chi connectivity index (χ1n) is 12.0. The minimum Gasteiger partial charge on any atom is -0.496 e. The Kier molecular flexibility index (Phi) is 5.60. The van der Waals surface area contributed by atoms with Crippen LogP contribution in [0.25, 0.3) is 38.9 Å². The van der Waals surface area contributed by atoms with Crippen LogP contribution in [0.4, 0.5) is 4.39 Å². The number of rotatable bonds is 5. The first-order valence-corrected chi connectivity index (χ1v) is 12.0. The fraction of sp³-hybridized carbons (Fsp3) is 0.259. The number of ether oxygens (including phenoxy) is 1. The molecule has 6 rings (SSSR count). The summed E-state index contributed by atoms with van der Waals surface area (Å²) in [5.41, 5.74) is 4.85. The van der Waals surface area contributed by atoms with Crippen LogP contribution in [0, 0.1) is 12.7 Å². The van der Waals surface area contributed by atoms with Crippen molar-refractivity contribution in [1.29, 1.82) is 0 Å². The first-order chi connectivity index (χ1) is 18.0. The van der Waals surface area contributed by atoms with Gasteiger partial charge in [0.2, 0.25) is 5.91 Å². The molecule has 1 aliphatic heterocycles. The Hall–Kier alpha value is -4.31. The number of likely N-dealkylation sites (tertiary alicyclic amines) is 1. The molecule has 0 radical (unpaired) electrons. The predicted octanol–water partition coefficient (Wildman–Crippen LogP) is 3.63. The third-order valence-corrected chi connectivity index (χ3v) is 7.08. The van der Waals surface area contributed by atoms with E-state index < -0.39 is 12.4 Å². The van der Waals surface area contributed by atoms with Crippen LogP contribution in [0.2, 0.25) is 0 Å². The summed E-state index contributed by atoms with van der Waals surface area (Å²) >= 11 is 0. The number of aryl methyl sites for hydroxylation is 1. The number of aliphatic hydroxyl groups is 1. The second kappa shape index (κ2) is 8.97. The summed E-state index contributed by atoms with van der Waals surface area (Å²) in [4.78, 5) is 23.0. The van der Waals surface area contributed by atoms with Gasteiger partial charge in [-0.3, -0.25) is 14.5 Å². The lowest BCUT2D eigenvalue weighted by atomic mass is 10.1. The van der Waals surface area contributed by atoms with E-state index in [4.69, 9.17) is 14.8 Å². The number of carbonyl (C=O) groups is 1. The van der Waals surface area contributed by atoms with Crippen molar-refractivity contribution in [2.45, 2.75) is 19.4 Å². The Morgan fingerprint density at radius 3 is 2.92 bits per heavy atom. The van der Waals surface area contributed by atoms with Gasteiger partial charge in [-0.15, -0.1) is 0 Å². The van der Waals surface area contributed by atoms with Crippen LogP contribution < -0.4 is 4.74 Å². The molecule has 0 saturated carbocycles. The predicted molar refractivity (Wildman–Crippen MR) is 136 cm³/mol. The molecule has 1 atom stereocenters. The second-order valence-corrected chi connectivity index (χ2v) is 9.18. The van der Waals surface area contributed by atoms with Crippen molar-refractivity contribution in [1.82, 2.24) is 29.0 Å². The van der Waals surface area contributed by atoms with E-state index in [9.17, 15) is 9.18 Å². The molecule has 1 N–H and O–H groups in total. The summed E-state index contributed by atoms with van der Waals surface area (Å²) in [5, 5.41) is 14.5. The topological polar surface area (TPSA) is 97.8 Å². The van der Waals surface area contributed by atoms with Gasteiger partial charge in [-0.25, -0.2) is 9.37 Å². The summed E-state index contributed by atoms with van der Waals surface area (Å²) in [6.45, 7) is 2.55. The van der Waals surface area contributed by atoms with Gasteiger partial charge in [0.1, 0.15) is 23.8 Å². The van der Waals surface area contributed by atoms with Crippen LogP contribution in [0.5, 0.6) is 5.75 Å². The summed E-state index contributed by atoms with van der Waals surface area (Å²) in [6.07, 6.45) is 8.20. The summed E-state index contributed by atoms with van der Waals surface area (Å²) in [7, 11) is 1.52. The van der Waals surface area contributed by atoms with Crippen molar-refractivity contribution in [3.8, 4) is 28.1 Å². The van der Waals surface area contributed by atoms with E-state index in [0.717, 1.165) is 34.1 Å². The van der Waals surface area contributed by atoms with E-state index in [1.165, 1.54) is 13.2 Å². The fourth-order valence-electron chi connectivity index (χ4n) is 5.09. The highest BCUT2D eigenvalue weighted by atomic mass is 19.1. The Labute approximate surface area is 211 Å². The van der Waals surface area contributed by atoms with E-state index in [1.54, 1.807) is 29.4 Å². The molecule has 4 aromatic heterocycles. The molecule has 0 unspecified atom stereocenters. The molecule has 1 saturated heterocycles. The number of amides is 1. The number of methoxy groups -OCH3 is 1. The van der Waals surface area contributed by atoms with Crippen LogP contribution >= 0.6 is 0 Å². The molecule has 188 valence electrons. The lowest BCUT2D eigenvalue weighted by Crippen LogP contribution is -2.31. The van der Waals surface area contributed by atoms with Gasteiger partial charge in [-0.1, -0.05) is 6.07 Å². The average molecular weight is 501 g/mol. The van der Waals surface area contributed by atoms with Crippen LogP contribution in [-0.4, -0.2) is 66.9 Å². The summed E-state index contributed by atoms with van der Waals surface area (Å²) in [6, 6.07) is 8.72. The van der Waals surface area contributed by atoms with Gasteiger partial charge in [-0.2, -0.15) is 5.10 Å². The van der Waals surface area contributed by atoms with Crippen molar-refractivity contribution >= 4 is 22.5 Å². The minimum absolute atomic E-state index is 0.0534. The number of imidazole rings is 1. The van der Waals surface area contributed by atoms with E-state index >= 15 is 0 Å². The average Bonchev–Trinajstić information content (AvgIpc) is 3.67. The van der Waals surface area contributed by atoms with Crippen LogP contribution in [0.1, 0.15) is 18.2 Å². The maximum Gasteiger partial charge on any atom is 0.248 e. The molecule has 0 spiro atoms. The molecule has 0 bridgehead atoms. The Bertz CT molecular complexity index is 1660. The van der Waals surface area contributed by atoms with Crippen molar-refractivity contribution in [2.24, 2.45) is 0 Å². The third kappa shape index (κ3) is 3.80. The Morgan fingerprint density at radius 2 is 2.11 bits per heavy atom. The van der Waals surface area contributed by atoms with E-state index in [2.05, 4.69) is 10.1 Å². The van der Waals surface area contributed by atoms with Gasteiger partial charge in [0.25, 0.3) is 0 Å². The number of halogens is 1. The molecule has 5 heterocycles. The van der Waals surface area contributed by atoms with Gasteiger partial charge in [-0.05, 0) is 37.6 Å². The molecule has 1 aromatic carbocycles. The number of hydrogen-bond donors (Lipinski definition) is 1. The maximum atomic E-state index is 14.9.